The van der Waals surface area contributed by atoms with E-state index in [0.29, 0.717) is 18.2 Å². The third-order valence-corrected chi connectivity index (χ3v) is 3.04. The van der Waals surface area contributed by atoms with Crippen LogP contribution in [0.15, 0.2) is 39.2 Å². The van der Waals surface area contributed by atoms with E-state index >= 15 is 0 Å². The van der Waals surface area contributed by atoms with Crippen molar-refractivity contribution in [1.82, 2.24) is 0 Å². The largest absolute Gasteiger partial charge is 0.484 e. The summed E-state index contributed by atoms with van der Waals surface area (Å²) in [6.07, 6.45) is 0. The molecule has 0 fully saturated rings. The fourth-order valence-electron chi connectivity index (χ4n) is 1.35. The third-order valence-electron chi connectivity index (χ3n) is 2.18. The van der Waals surface area contributed by atoms with Gasteiger partial charge in [0.2, 0.25) is 0 Å². The number of nitrogens with two attached hydrogens (primary N) is 1. The van der Waals surface area contributed by atoms with E-state index in [0.717, 1.165) is 21.7 Å². The Labute approximate surface area is 113 Å². The first-order chi connectivity index (χ1) is 8.19. The van der Waals surface area contributed by atoms with Crippen LogP contribution in [-0.4, -0.2) is 0 Å². The van der Waals surface area contributed by atoms with Gasteiger partial charge in [0.1, 0.15) is 23.9 Å². The maximum absolute atomic E-state index is 5.84. The van der Waals surface area contributed by atoms with Gasteiger partial charge in [-0.25, -0.2) is 0 Å². The van der Waals surface area contributed by atoms with Crippen molar-refractivity contribution in [2.45, 2.75) is 13.2 Å². The van der Waals surface area contributed by atoms with Crippen LogP contribution >= 0.6 is 27.5 Å². The summed E-state index contributed by atoms with van der Waals surface area (Å²) in [7, 11) is 0. The quantitative estimate of drug-likeness (QED) is 0.935. The van der Waals surface area contributed by atoms with Crippen LogP contribution in [-0.2, 0) is 13.2 Å². The van der Waals surface area contributed by atoms with Crippen LogP contribution in [0.3, 0.4) is 0 Å². The van der Waals surface area contributed by atoms with Crippen molar-refractivity contribution in [3.8, 4) is 5.75 Å². The Balaban J connectivity index is 2.02. The minimum atomic E-state index is 0.361. The summed E-state index contributed by atoms with van der Waals surface area (Å²) in [6.45, 7) is 0.755. The average molecular weight is 317 g/mol. The van der Waals surface area contributed by atoms with Gasteiger partial charge in [0, 0.05) is 5.02 Å². The predicted octanol–water partition coefficient (Wildman–Crippen LogP) is 3.73. The minimum absolute atomic E-state index is 0.361. The molecule has 0 radical (unpaired) electrons. The molecule has 0 aliphatic carbocycles. The summed E-state index contributed by atoms with van der Waals surface area (Å²) in [5.41, 5.74) is 5.45. The summed E-state index contributed by atoms with van der Waals surface area (Å²) < 4.78 is 11.8. The van der Waals surface area contributed by atoms with Gasteiger partial charge in [0.05, 0.1) is 11.0 Å². The molecule has 0 unspecified atom stereocenters. The fraction of sp³-hybridized carbons (Fsp3) is 0.167. The molecule has 0 saturated heterocycles. The summed E-state index contributed by atoms with van der Waals surface area (Å²) in [6, 6.07) is 9.06. The summed E-state index contributed by atoms with van der Waals surface area (Å²) in [5.74, 6) is 2.21. The van der Waals surface area contributed by atoms with Crippen molar-refractivity contribution in [3.05, 3.63) is 51.3 Å². The predicted molar refractivity (Wildman–Crippen MR) is 70.1 cm³/mol. The monoisotopic (exact) mass is 315 g/mol. The van der Waals surface area contributed by atoms with E-state index in [-0.39, 0.29) is 0 Å². The molecule has 90 valence electrons. The molecular formula is C12H11BrClNO2. The van der Waals surface area contributed by atoms with Gasteiger partial charge in [-0.3, -0.25) is 0 Å². The lowest BCUT2D eigenvalue weighted by atomic mass is 10.3. The SMILES string of the molecule is NCc1ccc(COc2ccc(Cl)cc2Br)o1. The molecule has 1 aromatic heterocycles. The zero-order valence-electron chi connectivity index (χ0n) is 8.95. The molecule has 0 atom stereocenters. The Morgan fingerprint density at radius 1 is 1.24 bits per heavy atom. The van der Waals surface area contributed by atoms with Crippen molar-refractivity contribution in [3.63, 3.8) is 0 Å². The topological polar surface area (TPSA) is 48.4 Å². The van der Waals surface area contributed by atoms with Gasteiger partial charge >= 0.3 is 0 Å². The molecule has 2 aromatic rings. The van der Waals surface area contributed by atoms with Crippen molar-refractivity contribution in [2.75, 3.05) is 0 Å². The van der Waals surface area contributed by atoms with Gasteiger partial charge < -0.3 is 14.9 Å². The fourth-order valence-corrected chi connectivity index (χ4v) is 2.15. The molecule has 1 aromatic carbocycles. The Kier molecular flexibility index (Phi) is 4.10. The van der Waals surface area contributed by atoms with Crippen LogP contribution in [0.5, 0.6) is 5.75 Å². The van der Waals surface area contributed by atoms with Crippen LogP contribution < -0.4 is 10.5 Å². The Morgan fingerprint density at radius 3 is 2.65 bits per heavy atom. The smallest absolute Gasteiger partial charge is 0.146 e. The standard InChI is InChI=1S/C12H11BrClNO2/c13-11-5-8(14)1-4-12(11)16-7-10-3-2-9(6-15)17-10/h1-5H,6-7,15H2. The summed E-state index contributed by atoms with van der Waals surface area (Å²) in [4.78, 5) is 0. The second kappa shape index (κ2) is 5.58. The van der Waals surface area contributed by atoms with Gasteiger partial charge in [-0.1, -0.05) is 11.6 Å². The van der Waals surface area contributed by atoms with Crippen molar-refractivity contribution < 1.29 is 9.15 Å². The highest BCUT2D eigenvalue weighted by molar-refractivity contribution is 9.10. The molecular weight excluding hydrogens is 305 g/mol. The molecule has 0 bridgehead atoms. The Morgan fingerprint density at radius 2 is 2.00 bits per heavy atom. The van der Waals surface area contributed by atoms with Crippen LogP contribution in [0.4, 0.5) is 0 Å². The third kappa shape index (κ3) is 3.25. The van der Waals surface area contributed by atoms with Crippen molar-refractivity contribution in [2.24, 2.45) is 5.73 Å². The van der Waals surface area contributed by atoms with Crippen LogP contribution in [0.1, 0.15) is 11.5 Å². The van der Waals surface area contributed by atoms with Crippen molar-refractivity contribution >= 4 is 27.5 Å². The van der Waals surface area contributed by atoms with E-state index in [1.165, 1.54) is 0 Å². The lowest BCUT2D eigenvalue weighted by Gasteiger charge is -2.06. The zero-order valence-corrected chi connectivity index (χ0v) is 11.3. The van der Waals surface area contributed by atoms with Gasteiger partial charge in [-0.2, -0.15) is 0 Å². The molecule has 2 N–H and O–H groups in total. The second-order valence-corrected chi connectivity index (χ2v) is 4.73. The Hall–Kier alpha value is -0.970. The first-order valence-electron chi connectivity index (χ1n) is 5.04. The molecule has 0 aliphatic heterocycles. The van der Waals surface area contributed by atoms with Crippen LogP contribution in [0, 0.1) is 0 Å². The van der Waals surface area contributed by atoms with Gasteiger partial charge in [-0.05, 0) is 46.3 Å². The van der Waals surface area contributed by atoms with E-state index < -0.39 is 0 Å². The van der Waals surface area contributed by atoms with E-state index in [2.05, 4.69) is 15.9 Å². The number of halogens is 2. The maximum atomic E-state index is 5.84. The van der Waals surface area contributed by atoms with E-state index in [1.807, 2.05) is 12.1 Å². The molecule has 0 aliphatic rings. The molecule has 0 spiro atoms. The number of ether oxygens (including phenoxy) is 1. The van der Waals surface area contributed by atoms with E-state index in [9.17, 15) is 0 Å². The normalized spacial score (nSPS) is 10.5. The Bertz CT molecular complexity index is 513. The molecule has 5 heteroatoms. The molecule has 0 amide bonds. The number of benzene rings is 1. The van der Waals surface area contributed by atoms with Crippen LogP contribution in [0.25, 0.3) is 0 Å². The minimum Gasteiger partial charge on any atom is -0.484 e. The number of hydrogen-bond donors (Lipinski definition) is 1. The highest BCUT2D eigenvalue weighted by Gasteiger charge is 2.05. The molecule has 3 nitrogen and oxygen atoms in total. The number of hydrogen-bond acceptors (Lipinski definition) is 3. The van der Waals surface area contributed by atoms with Gasteiger partial charge in [0.25, 0.3) is 0 Å². The molecule has 2 rings (SSSR count). The highest BCUT2D eigenvalue weighted by atomic mass is 79.9. The first kappa shape index (κ1) is 12.5. The maximum Gasteiger partial charge on any atom is 0.146 e. The summed E-state index contributed by atoms with van der Waals surface area (Å²) >= 11 is 9.22. The summed E-state index contributed by atoms with van der Waals surface area (Å²) in [5, 5.41) is 0.660. The molecule has 1 heterocycles. The van der Waals surface area contributed by atoms with E-state index in [1.54, 1.807) is 18.2 Å². The zero-order chi connectivity index (χ0) is 12.3. The number of furan rings is 1. The van der Waals surface area contributed by atoms with Crippen LogP contribution in [0.2, 0.25) is 5.02 Å². The van der Waals surface area contributed by atoms with E-state index in [4.69, 9.17) is 26.5 Å². The number of rotatable bonds is 4. The second-order valence-electron chi connectivity index (χ2n) is 3.44. The average Bonchev–Trinajstić information content (AvgIpc) is 2.76. The highest BCUT2D eigenvalue weighted by Crippen LogP contribution is 2.28. The van der Waals surface area contributed by atoms with Gasteiger partial charge in [-0.15, -0.1) is 0 Å². The van der Waals surface area contributed by atoms with Crippen molar-refractivity contribution in [1.29, 1.82) is 0 Å². The molecule has 0 saturated carbocycles. The van der Waals surface area contributed by atoms with Gasteiger partial charge in [0.15, 0.2) is 0 Å². The first-order valence-corrected chi connectivity index (χ1v) is 6.21. The molecule has 17 heavy (non-hydrogen) atoms. The lowest BCUT2D eigenvalue weighted by Crippen LogP contribution is -1.95. The lowest BCUT2D eigenvalue weighted by molar-refractivity contribution is 0.264.